The van der Waals surface area contributed by atoms with Gasteiger partial charge in [0, 0.05) is 6.42 Å². The molecule has 0 unspecified atom stereocenters. The van der Waals surface area contributed by atoms with Gasteiger partial charge in [0.15, 0.2) is 0 Å². The highest BCUT2D eigenvalue weighted by Crippen LogP contribution is 2.22. The third-order valence-electron chi connectivity index (χ3n) is 2.09. The number of halogens is 1. The molecule has 4 heteroatoms. The molecule has 72 valence electrons. The largest absolute Gasteiger partial charge is 0.347 e. The smallest absolute Gasteiger partial charge is 0.227 e. The summed E-state index contributed by atoms with van der Waals surface area (Å²) in [5, 5.41) is 2.50. The van der Waals surface area contributed by atoms with E-state index in [4.69, 9.17) is 0 Å². The highest BCUT2D eigenvalue weighted by molar-refractivity contribution is 6.01. The number of hydrogen-bond donors (Lipinski definition) is 1. The molecule has 0 bridgehead atoms. The summed E-state index contributed by atoms with van der Waals surface area (Å²) in [5.74, 6) is -0.598. The van der Waals surface area contributed by atoms with E-state index in [2.05, 4.69) is 11.9 Å². The lowest BCUT2D eigenvalue weighted by Gasteiger charge is -2.33. The van der Waals surface area contributed by atoms with E-state index in [0.717, 1.165) is 0 Å². The Morgan fingerprint density at radius 3 is 2.77 bits per heavy atom. The van der Waals surface area contributed by atoms with E-state index in [0.29, 0.717) is 6.42 Å². The summed E-state index contributed by atoms with van der Waals surface area (Å²) in [6.45, 7) is 2.74. The van der Waals surface area contributed by atoms with Crippen LogP contribution in [-0.2, 0) is 9.59 Å². The molecular weight excluding hydrogens is 173 g/mol. The van der Waals surface area contributed by atoms with E-state index in [1.807, 2.05) is 0 Å². The third kappa shape index (κ3) is 2.14. The van der Waals surface area contributed by atoms with E-state index < -0.39 is 18.1 Å². The Balaban J connectivity index is 2.78. The number of Topliss-reactive ketones (excluding diaryl/α,β-unsaturated/α-hetero) is 1. The molecular formula is C9H12FNO2. The van der Waals surface area contributed by atoms with Gasteiger partial charge in [0.05, 0.1) is 12.0 Å². The SMILES string of the molecule is C=CC[C@@]1(CF)CC(=O)CC(=O)N1. The van der Waals surface area contributed by atoms with E-state index in [1.54, 1.807) is 0 Å². The van der Waals surface area contributed by atoms with E-state index in [1.165, 1.54) is 6.08 Å². The van der Waals surface area contributed by atoms with Crippen LogP contribution in [-0.4, -0.2) is 23.9 Å². The molecule has 1 fully saturated rings. The Kier molecular flexibility index (Phi) is 2.80. The maximum Gasteiger partial charge on any atom is 0.227 e. The predicted molar refractivity (Wildman–Crippen MR) is 45.9 cm³/mol. The highest BCUT2D eigenvalue weighted by Gasteiger charge is 2.37. The molecule has 0 aromatic rings. The monoisotopic (exact) mass is 185 g/mol. The second kappa shape index (κ2) is 3.68. The van der Waals surface area contributed by atoms with E-state index in [9.17, 15) is 14.0 Å². The zero-order valence-corrected chi connectivity index (χ0v) is 7.31. The van der Waals surface area contributed by atoms with Gasteiger partial charge >= 0.3 is 0 Å². The van der Waals surface area contributed by atoms with Crippen molar-refractivity contribution >= 4 is 11.7 Å². The van der Waals surface area contributed by atoms with Crippen molar-refractivity contribution in [3.05, 3.63) is 12.7 Å². The van der Waals surface area contributed by atoms with Gasteiger partial charge in [0.25, 0.3) is 0 Å². The molecule has 0 saturated carbocycles. The number of hydrogen-bond acceptors (Lipinski definition) is 2. The fourth-order valence-electron chi connectivity index (χ4n) is 1.54. The van der Waals surface area contributed by atoms with Crippen LogP contribution < -0.4 is 5.32 Å². The fourth-order valence-corrected chi connectivity index (χ4v) is 1.54. The van der Waals surface area contributed by atoms with E-state index >= 15 is 0 Å². The number of nitrogens with one attached hydrogen (secondary N) is 1. The summed E-state index contributed by atoms with van der Waals surface area (Å²) in [4.78, 5) is 22.1. The van der Waals surface area contributed by atoms with Crippen molar-refractivity contribution in [2.45, 2.75) is 24.8 Å². The Labute approximate surface area is 76.0 Å². The average Bonchev–Trinajstić information content (AvgIpc) is 2.03. The lowest BCUT2D eigenvalue weighted by atomic mass is 9.86. The van der Waals surface area contributed by atoms with Gasteiger partial charge in [-0.15, -0.1) is 6.58 Å². The first-order valence-electron chi connectivity index (χ1n) is 4.11. The van der Waals surface area contributed by atoms with Gasteiger partial charge in [0.1, 0.15) is 12.5 Å². The maximum atomic E-state index is 12.7. The van der Waals surface area contributed by atoms with Crippen molar-refractivity contribution in [1.29, 1.82) is 0 Å². The minimum atomic E-state index is -1.02. The number of carbonyl (C=O) groups excluding carboxylic acids is 2. The van der Waals surface area contributed by atoms with Gasteiger partial charge in [-0.25, -0.2) is 4.39 Å². The van der Waals surface area contributed by atoms with Gasteiger partial charge in [-0.05, 0) is 6.42 Å². The first-order valence-corrected chi connectivity index (χ1v) is 4.11. The molecule has 1 aliphatic heterocycles. The second-order valence-electron chi connectivity index (χ2n) is 3.35. The van der Waals surface area contributed by atoms with Crippen LogP contribution in [0.15, 0.2) is 12.7 Å². The molecule has 13 heavy (non-hydrogen) atoms. The first kappa shape index (κ1) is 9.89. The molecule has 0 spiro atoms. The zero-order valence-electron chi connectivity index (χ0n) is 7.31. The van der Waals surface area contributed by atoms with Crippen molar-refractivity contribution in [3.8, 4) is 0 Å². The summed E-state index contributed by atoms with van der Waals surface area (Å²) in [7, 11) is 0. The molecule has 1 saturated heterocycles. The normalized spacial score (nSPS) is 28.4. The van der Waals surface area contributed by atoms with Crippen LogP contribution in [0, 0.1) is 0 Å². The summed E-state index contributed by atoms with van der Waals surface area (Å²) in [5.41, 5.74) is -1.02. The summed E-state index contributed by atoms with van der Waals surface area (Å²) in [6, 6.07) is 0. The molecule has 1 amide bonds. The first-order chi connectivity index (χ1) is 6.12. The van der Waals surface area contributed by atoms with Gasteiger partial charge < -0.3 is 5.32 Å². The molecule has 1 atom stereocenters. The number of amides is 1. The molecule has 0 aromatic heterocycles. The number of piperidine rings is 1. The van der Waals surface area contributed by atoms with Crippen molar-refractivity contribution < 1.29 is 14.0 Å². The van der Waals surface area contributed by atoms with Crippen LogP contribution in [0.2, 0.25) is 0 Å². The van der Waals surface area contributed by atoms with Crippen LogP contribution in [0.25, 0.3) is 0 Å². The number of ketones is 1. The molecule has 1 aliphatic rings. The highest BCUT2D eigenvalue weighted by atomic mass is 19.1. The molecule has 1 rings (SSSR count). The lowest BCUT2D eigenvalue weighted by molar-refractivity contribution is -0.134. The van der Waals surface area contributed by atoms with Crippen molar-refractivity contribution in [1.82, 2.24) is 5.32 Å². The van der Waals surface area contributed by atoms with Gasteiger partial charge in [-0.1, -0.05) is 6.08 Å². The minimum absolute atomic E-state index is 0.0707. The summed E-state index contributed by atoms with van der Waals surface area (Å²) >= 11 is 0. The average molecular weight is 185 g/mol. The van der Waals surface area contributed by atoms with Gasteiger partial charge in [-0.2, -0.15) is 0 Å². The fraction of sp³-hybridized carbons (Fsp3) is 0.556. The lowest BCUT2D eigenvalue weighted by Crippen LogP contribution is -2.55. The molecule has 1 heterocycles. The Morgan fingerprint density at radius 1 is 1.62 bits per heavy atom. The van der Waals surface area contributed by atoms with Crippen LogP contribution in [0.1, 0.15) is 19.3 Å². The van der Waals surface area contributed by atoms with Crippen LogP contribution in [0.3, 0.4) is 0 Å². The number of alkyl halides is 1. The molecule has 0 aliphatic carbocycles. The molecule has 0 radical (unpaired) electrons. The van der Waals surface area contributed by atoms with Crippen molar-refractivity contribution in [2.24, 2.45) is 0 Å². The van der Waals surface area contributed by atoms with Gasteiger partial charge in [-0.3, -0.25) is 9.59 Å². The quantitative estimate of drug-likeness (QED) is 0.521. The van der Waals surface area contributed by atoms with Crippen molar-refractivity contribution in [3.63, 3.8) is 0 Å². The van der Waals surface area contributed by atoms with Crippen molar-refractivity contribution in [2.75, 3.05) is 6.67 Å². The van der Waals surface area contributed by atoms with Gasteiger partial charge in [0.2, 0.25) is 5.91 Å². The van der Waals surface area contributed by atoms with Crippen LogP contribution in [0.4, 0.5) is 4.39 Å². The Hall–Kier alpha value is -1.19. The topological polar surface area (TPSA) is 46.2 Å². The Morgan fingerprint density at radius 2 is 2.31 bits per heavy atom. The maximum absolute atomic E-state index is 12.7. The zero-order chi connectivity index (χ0) is 9.90. The predicted octanol–water partition coefficient (Wildman–Crippen LogP) is 0.750. The van der Waals surface area contributed by atoms with E-state index in [-0.39, 0.29) is 18.6 Å². The molecule has 3 nitrogen and oxygen atoms in total. The third-order valence-corrected chi connectivity index (χ3v) is 2.09. The number of rotatable bonds is 3. The number of carbonyl (C=O) groups is 2. The standard InChI is InChI=1S/C9H12FNO2/c1-2-3-9(6-10)5-7(12)4-8(13)11-9/h2H,1,3-6H2,(H,11,13)/t9-/m0/s1. The van der Waals surface area contributed by atoms with Crippen LogP contribution >= 0.6 is 0 Å². The second-order valence-corrected chi connectivity index (χ2v) is 3.35. The van der Waals surface area contributed by atoms with Crippen LogP contribution in [0.5, 0.6) is 0 Å². The molecule has 1 N–H and O–H groups in total. The Bertz CT molecular complexity index is 234. The minimum Gasteiger partial charge on any atom is -0.347 e. The summed E-state index contributed by atoms with van der Waals surface area (Å²) in [6.07, 6.45) is 1.75. The molecule has 0 aromatic carbocycles. The summed E-state index contributed by atoms with van der Waals surface area (Å²) < 4.78 is 12.7.